The van der Waals surface area contributed by atoms with Gasteiger partial charge in [-0.3, -0.25) is 9.59 Å². The third-order valence-electron chi connectivity index (χ3n) is 7.26. The molecule has 0 aliphatic heterocycles. The molecule has 7 nitrogen and oxygen atoms in total. The molecule has 0 unspecified atom stereocenters. The SMILES string of the molecule is CCCCC(=O)OCC1CCC(CNS(=O)(=O)N(Cc2ccccc2)C(=O)c2cc(C(F)(F)F)cc(C(F)(F)F)c2)CC1. The number of hydrogen-bond acceptors (Lipinski definition) is 5. The van der Waals surface area contributed by atoms with Crippen LogP contribution in [0, 0.1) is 11.8 Å². The fraction of sp³-hybridized carbons (Fsp3) is 0.517. The van der Waals surface area contributed by atoms with Crippen LogP contribution in [0.15, 0.2) is 48.5 Å². The Balaban J connectivity index is 1.76. The summed E-state index contributed by atoms with van der Waals surface area (Å²) in [6.07, 6.45) is -5.94. The smallest absolute Gasteiger partial charge is 0.416 e. The number of ether oxygens (including phenoxy) is 1. The van der Waals surface area contributed by atoms with Crippen molar-refractivity contribution in [3.63, 3.8) is 0 Å². The molecule has 1 aliphatic rings. The van der Waals surface area contributed by atoms with Crippen molar-refractivity contribution >= 4 is 22.1 Å². The number of benzene rings is 2. The molecule has 0 atom stereocenters. The Bertz CT molecular complexity index is 1310. The maximum absolute atomic E-state index is 13.4. The molecule has 2 aromatic rings. The van der Waals surface area contributed by atoms with Gasteiger partial charge in [0, 0.05) is 18.5 Å². The van der Waals surface area contributed by atoms with Gasteiger partial charge >= 0.3 is 28.5 Å². The molecular weight excluding hydrogens is 602 g/mol. The highest BCUT2D eigenvalue weighted by Crippen LogP contribution is 2.37. The van der Waals surface area contributed by atoms with Gasteiger partial charge in [-0.25, -0.2) is 4.31 Å². The molecule has 0 aromatic heterocycles. The quantitative estimate of drug-likeness (QED) is 0.206. The van der Waals surface area contributed by atoms with Gasteiger partial charge < -0.3 is 4.74 Å². The van der Waals surface area contributed by atoms with Crippen LogP contribution in [-0.4, -0.2) is 37.8 Å². The number of hydrogen-bond donors (Lipinski definition) is 1. The van der Waals surface area contributed by atoms with Gasteiger partial charge in [-0.05, 0) is 67.7 Å². The van der Waals surface area contributed by atoms with E-state index < -0.39 is 51.7 Å². The van der Waals surface area contributed by atoms with Crippen molar-refractivity contribution < 1.29 is 49.1 Å². The topological polar surface area (TPSA) is 92.8 Å². The predicted molar refractivity (Wildman–Crippen MR) is 146 cm³/mol. The van der Waals surface area contributed by atoms with E-state index in [0.717, 1.165) is 12.8 Å². The van der Waals surface area contributed by atoms with Crippen LogP contribution in [0.25, 0.3) is 0 Å². The molecule has 2 aromatic carbocycles. The Morgan fingerprint density at radius 3 is 2.00 bits per heavy atom. The Hall–Kier alpha value is -3.13. The first-order valence-electron chi connectivity index (χ1n) is 13.9. The van der Waals surface area contributed by atoms with Crippen LogP contribution in [0.5, 0.6) is 0 Å². The summed E-state index contributed by atoms with van der Waals surface area (Å²) in [5.41, 5.74) is -4.25. The highest BCUT2D eigenvalue weighted by Gasteiger charge is 2.39. The van der Waals surface area contributed by atoms with Crippen LogP contribution in [0.2, 0.25) is 0 Å². The normalized spacial score (nSPS) is 17.8. The van der Waals surface area contributed by atoms with E-state index in [1.807, 2.05) is 6.92 Å². The Kier molecular flexibility index (Phi) is 11.6. The van der Waals surface area contributed by atoms with Crippen molar-refractivity contribution in [2.45, 2.75) is 70.8 Å². The number of carbonyl (C=O) groups excluding carboxylic acids is 2. The first-order valence-corrected chi connectivity index (χ1v) is 15.3. The third-order valence-corrected chi connectivity index (χ3v) is 8.66. The molecule has 0 spiro atoms. The average Bonchev–Trinajstić information content (AvgIpc) is 2.96. The summed E-state index contributed by atoms with van der Waals surface area (Å²) >= 11 is 0. The minimum absolute atomic E-state index is 0.0969. The van der Waals surface area contributed by atoms with Crippen molar-refractivity contribution in [3.05, 3.63) is 70.8 Å². The summed E-state index contributed by atoms with van der Waals surface area (Å²) in [5, 5.41) is 0. The van der Waals surface area contributed by atoms with E-state index in [2.05, 4.69) is 4.72 Å². The Labute approximate surface area is 246 Å². The molecule has 43 heavy (non-hydrogen) atoms. The van der Waals surface area contributed by atoms with E-state index in [4.69, 9.17) is 4.74 Å². The second-order valence-corrected chi connectivity index (χ2v) is 12.3. The molecule has 14 heteroatoms. The molecule has 1 amide bonds. The maximum atomic E-state index is 13.4. The number of alkyl halides is 6. The summed E-state index contributed by atoms with van der Waals surface area (Å²) in [7, 11) is -4.71. The second-order valence-electron chi connectivity index (χ2n) is 10.6. The molecule has 0 saturated heterocycles. The number of unbranched alkanes of at least 4 members (excludes halogenated alkanes) is 1. The van der Waals surface area contributed by atoms with Gasteiger partial charge in [0.15, 0.2) is 0 Å². The van der Waals surface area contributed by atoms with Gasteiger partial charge in [0.1, 0.15) is 0 Å². The molecule has 3 rings (SSSR count). The molecule has 0 heterocycles. The molecular formula is C29H34F6N2O5S. The minimum atomic E-state index is -5.22. The highest BCUT2D eigenvalue weighted by molar-refractivity contribution is 7.87. The molecule has 238 valence electrons. The lowest BCUT2D eigenvalue weighted by Gasteiger charge is -2.29. The summed E-state index contributed by atoms with van der Waals surface area (Å²) in [5.74, 6) is -1.82. The number of amides is 1. The molecule has 1 saturated carbocycles. The number of nitrogens with one attached hydrogen (secondary N) is 1. The van der Waals surface area contributed by atoms with Gasteiger partial charge in [0.2, 0.25) is 0 Å². The van der Waals surface area contributed by atoms with Gasteiger partial charge in [0.25, 0.3) is 5.91 Å². The third kappa shape index (κ3) is 10.2. The Morgan fingerprint density at radius 2 is 1.47 bits per heavy atom. The fourth-order valence-electron chi connectivity index (χ4n) is 4.74. The zero-order valence-corrected chi connectivity index (χ0v) is 24.3. The van der Waals surface area contributed by atoms with E-state index >= 15 is 0 Å². The minimum Gasteiger partial charge on any atom is -0.465 e. The zero-order chi connectivity index (χ0) is 31.8. The van der Waals surface area contributed by atoms with Crippen LogP contribution in [0.4, 0.5) is 26.3 Å². The van der Waals surface area contributed by atoms with E-state index in [1.165, 1.54) is 12.1 Å². The molecule has 1 N–H and O–H groups in total. The zero-order valence-electron chi connectivity index (χ0n) is 23.5. The van der Waals surface area contributed by atoms with Crippen molar-refractivity contribution in [1.82, 2.24) is 9.03 Å². The number of nitrogens with zero attached hydrogens (tertiary/aromatic N) is 1. The van der Waals surface area contributed by atoms with Crippen molar-refractivity contribution in [2.24, 2.45) is 11.8 Å². The summed E-state index contributed by atoms with van der Waals surface area (Å²) < 4.78 is 115. The van der Waals surface area contributed by atoms with E-state index in [-0.39, 0.29) is 53.5 Å². The van der Waals surface area contributed by atoms with Gasteiger partial charge in [-0.15, -0.1) is 0 Å². The number of rotatable bonds is 12. The summed E-state index contributed by atoms with van der Waals surface area (Å²) in [6, 6.07) is 7.94. The van der Waals surface area contributed by atoms with Crippen LogP contribution in [0.3, 0.4) is 0 Å². The monoisotopic (exact) mass is 636 g/mol. The largest absolute Gasteiger partial charge is 0.465 e. The lowest BCUT2D eigenvalue weighted by Crippen LogP contribution is -2.45. The molecule has 0 bridgehead atoms. The first kappa shape index (κ1) is 34.4. The van der Waals surface area contributed by atoms with Gasteiger partial charge in [-0.2, -0.15) is 39.5 Å². The average molecular weight is 637 g/mol. The Morgan fingerprint density at radius 1 is 0.907 bits per heavy atom. The van der Waals surface area contributed by atoms with Crippen molar-refractivity contribution in [3.8, 4) is 0 Å². The predicted octanol–water partition coefficient (Wildman–Crippen LogP) is 6.74. The summed E-state index contributed by atoms with van der Waals surface area (Å²) in [4.78, 5) is 25.1. The molecule has 1 aliphatic carbocycles. The number of halogens is 6. The highest BCUT2D eigenvalue weighted by atomic mass is 32.2. The van der Waals surface area contributed by atoms with E-state index in [1.54, 1.807) is 18.2 Å². The standard InChI is InChI=1S/C29H34F6N2O5S/c1-2-3-9-26(38)42-19-22-12-10-20(11-13-22)17-36-43(40,41)37(18-21-7-5-4-6-8-21)27(39)23-14-24(28(30,31)32)16-25(15-23)29(33,34)35/h4-8,14-16,20,22,36H,2-3,9-13,17-19H2,1H3. The second kappa shape index (κ2) is 14.6. The van der Waals surface area contributed by atoms with Crippen molar-refractivity contribution in [2.75, 3.05) is 13.2 Å². The van der Waals surface area contributed by atoms with E-state index in [9.17, 15) is 44.3 Å². The maximum Gasteiger partial charge on any atom is 0.416 e. The van der Waals surface area contributed by atoms with Crippen LogP contribution in [0.1, 0.15) is 78.9 Å². The van der Waals surface area contributed by atoms with Gasteiger partial charge in [-0.1, -0.05) is 43.7 Å². The lowest BCUT2D eigenvalue weighted by atomic mass is 9.82. The van der Waals surface area contributed by atoms with E-state index in [0.29, 0.717) is 37.7 Å². The van der Waals surface area contributed by atoms with Crippen LogP contribution >= 0.6 is 0 Å². The number of carbonyl (C=O) groups is 2. The van der Waals surface area contributed by atoms with Crippen LogP contribution < -0.4 is 4.72 Å². The molecule has 0 radical (unpaired) electrons. The van der Waals surface area contributed by atoms with Crippen LogP contribution in [-0.2, 0) is 38.6 Å². The number of esters is 1. The first-order chi connectivity index (χ1) is 20.1. The van der Waals surface area contributed by atoms with Gasteiger partial charge in [0.05, 0.1) is 24.3 Å². The summed E-state index contributed by atoms with van der Waals surface area (Å²) in [6.45, 7) is 1.52. The molecule has 1 fully saturated rings. The lowest BCUT2D eigenvalue weighted by molar-refractivity contribution is -0.146. The van der Waals surface area contributed by atoms with Crippen molar-refractivity contribution in [1.29, 1.82) is 0 Å². The fourth-order valence-corrected chi connectivity index (χ4v) is 5.99.